The Morgan fingerprint density at radius 2 is 2.06 bits per heavy atom. The first-order chi connectivity index (χ1) is 8.81. The molecule has 2 nitrogen and oxygen atoms in total. The van der Waals surface area contributed by atoms with Crippen LogP contribution in [0.2, 0.25) is 0 Å². The fraction of sp³-hybridized carbons (Fsp3) is 0.400. The molecule has 2 rings (SSSR count). The number of thiophene rings is 1. The van der Waals surface area contributed by atoms with E-state index in [0.717, 1.165) is 19.4 Å². The van der Waals surface area contributed by atoms with E-state index in [0.29, 0.717) is 6.04 Å². The van der Waals surface area contributed by atoms with Gasteiger partial charge in [0.05, 0.1) is 0 Å². The van der Waals surface area contributed by atoms with Crippen LogP contribution in [-0.4, -0.2) is 11.5 Å². The first-order valence-corrected chi connectivity index (χ1v) is 7.40. The lowest BCUT2D eigenvalue weighted by molar-refractivity contribution is 0.528. The second-order valence-corrected chi connectivity index (χ2v) is 5.32. The van der Waals surface area contributed by atoms with Crippen LogP contribution in [0.3, 0.4) is 0 Å². The first-order valence-electron chi connectivity index (χ1n) is 6.46. The first kappa shape index (κ1) is 13.2. The summed E-state index contributed by atoms with van der Waals surface area (Å²) in [6.45, 7) is 5.46. The summed E-state index contributed by atoms with van der Waals surface area (Å²) in [7, 11) is 0. The number of rotatable bonds is 6. The number of hydrogen-bond acceptors (Lipinski definition) is 3. The van der Waals surface area contributed by atoms with Crippen LogP contribution in [-0.2, 0) is 6.42 Å². The molecule has 3 heteroatoms. The lowest BCUT2D eigenvalue weighted by Crippen LogP contribution is -2.24. The summed E-state index contributed by atoms with van der Waals surface area (Å²) in [6, 6.07) is 4.61. The van der Waals surface area contributed by atoms with E-state index in [1.807, 2.05) is 12.4 Å². The Bertz CT molecular complexity index is 464. The molecule has 0 saturated heterocycles. The Kier molecular flexibility index (Phi) is 4.90. The standard InChI is InChI=1S/C15H20N2S/c1-3-6-17-15(14-11-18-10-12(14)2)9-13-4-7-16-8-5-13/h4-5,7-8,10-11,15,17H,3,6,9H2,1-2H3. The van der Waals surface area contributed by atoms with Crippen LogP contribution >= 0.6 is 11.3 Å². The van der Waals surface area contributed by atoms with Crippen LogP contribution in [0.25, 0.3) is 0 Å². The topological polar surface area (TPSA) is 24.9 Å². The molecule has 2 aromatic rings. The monoisotopic (exact) mass is 260 g/mol. The van der Waals surface area contributed by atoms with Crippen molar-refractivity contribution in [2.45, 2.75) is 32.7 Å². The average molecular weight is 260 g/mol. The van der Waals surface area contributed by atoms with Gasteiger partial charge in [0.15, 0.2) is 0 Å². The van der Waals surface area contributed by atoms with Gasteiger partial charge in [0, 0.05) is 18.4 Å². The van der Waals surface area contributed by atoms with Crippen LogP contribution in [0.1, 0.15) is 36.1 Å². The molecule has 0 saturated carbocycles. The van der Waals surface area contributed by atoms with Crippen molar-refractivity contribution in [1.82, 2.24) is 10.3 Å². The van der Waals surface area contributed by atoms with Gasteiger partial charge in [-0.3, -0.25) is 4.98 Å². The van der Waals surface area contributed by atoms with Crippen LogP contribution in [0.5, 0.6) is 0 Å². The van der Waals surface area contributed by atoms with Gasteiger partial charge in [0.1, 0.15) is 0 Å². The maximum absolute atomic E-state index is 4.08. The molecule has 1 unspecified atom stereocenters. The van der Waals surface area contributed by atoms with Crippen molar-refractivity contribution < 1.29 is 0 Å². The Balaban J connectivity index is 2.13. The summed E-state index contributed by atoms with van der Waals surface area (Å²) in [4.78, 5) is 4.08. The highest BCUT2D eigenvalue weighted by atomic mass is 32.1. The predicted molar refractivity (Wildman–Crippen MR) is 78.0 cm³/mol. The summed E-state index contributed by atoms with van der Waals surface area (Å²) < 4.78 is 0. The molecule has 0 aliphatic rings. The molecular formula is C15H20N2S. The van der Waals surface area contributed by atoms with Gasteiger partial charge in [-0.1, -0.05) is 6.92 Å². The van der Waals surface area contributed by atoms with Crippen LogP contribution in [0, 0.1) is 6.92 Å². The van der Waals surface area contributed by atoms with E-state index in [2.05, 4.69) is 47.0 Å². The molecule has 96 valence electrons. The van der Waals surface area contributed by atoms with Crippen molar-refractivity contribution in [3.05, 3.63) is 52.0 Å². The zero-order chi connectivity index (χ0) is 12.8. The highest BCUT2D eigenvalue weighted by molar-refractivity contribution is 7.08. The summed E-state index contributed by atoms with van der Waals surface area (Å²) in [5.74, 6) is 0. The Hall–Kier alpha value is -1.19. The maximum atomic E-state index is 4.08. The molecule has 2 aromatic heterocycles. The average Bonchev–Trinajstić information content (AvgIpc) is 2.82. The van der Waals surface area contributed by atoms with Crippen molar-refractivity contribution >= 4 is 11.3 Å². The molecule has 0 radical (unpaired) electrons. The molecule has 0 aliphatic carbocycles. The Morgan fingerprint density at radius 1 is 1.28 bits per heavy atom. The van der Waals surface area contributed by atoms with Gasteiger partial charge in [0.25, 0.3) is 0 Å². The SMILES string of the molecule is CCCNC(Cc1ccncc1)c1cscc1C. The molecule has 0 amide bonds. The molecule has 0 bridgehead atoms. The molecule has 2 heterocycles. The van der Waals surface area contributed by atoms with Crippen molar-refractivity contribution in [2.24, 2.45) is 0 Å². The summed E-state index contributed by atoms with van der Waals surface area (Å²) in [5, 5.41) is 8.14. The van der Waals surface area contributed by atoms with Crippen LogP contribution in [0.15, 0.2) is 35.3 Å². The number of hydrogen-bond donors (Lipinski definition) is 1. The molecule has 1 N–H and O–H groups in total. The molecule has 18 heavy (non-hydrogen) atoms. The highest BCUT2D eigenvalue weighted by Crippen LogP contribution is 2.24. The fourth-order valence-corrected chi connectivity index (χ4v) is 3.00. The minimum atomic E-state index is 0.415. The maximum Gasteiger partial charge on any atom is 0.0371 e. The van der Waals surface area contributed by atoms with Gasteiger partial charge in [-0.15, -0.1) is 0 Å². The van der Waals surface area contributed by atoms with Crippen molar-refractivity contribution in [3.8, 4) is 0 Å². The highest BCUT2D eigenvalue weighted by Gasteiger charge is 2.14. The molecule has 0 spiro atoms. The van der Waals surface area contributed by atoms with Crippen molar-refractivity contribution in [2.75, 3.05) is 6.54 Å². The minimum absolute atomic E-state index is 0.415. The van der Waals surface area contributed by atoms with E-state index in [1.54, 1.807) is 11.3 Å². The van der Waals surface area contributed by atoms with Crippen molar-refractivity contribution in [3.63, 3.8) is 0 Å². The molecular weight excluding hydrogens is 240 g/mol. The van der Waals surface area contributed by atoms with Gasteiger partial charge in [-0.05, 0) is 65.9 Å². The summed E-state index contributed by atoms with van der Waals surface area (Å²) in [6.07, 6.45) is 5.93. The third-order valence-electron chi connectivity index (χ3n) is 3.10. The van der Waals surface area contributed by atoms with Crippen LogP contribution in [0.4, 0.5) is 0 Å². The van der Waals surface area contributed by atoms with Gasteiger partial charge in [-0.25, -0.2) is 0 Å². The fourth-order valence-electron chi connectivity index (χ4n) is 2.09. The lowest BCUT2D eigenvalue weighted by atomic mass is 9.99. The molecule has 0 fully saturated rings. The van der Waals surface area contributed by atoms with Gasteiger partial charge < -0.3 is 5.32 Å². The number of nitrogens with zero attached hydrogens (tertiary/aromatic N) is 1. The predicted octanol–water partition coefficient (Wildman–Crippen LogP) is 3.73. The largest absolute Gasteiger partial charge is 0.310 e. The number of aromatic nitrogens is 1. The summed E-state index contributed by atoms with van der Waals surface area (Å²) in [5.41, 5.74) is 4.16. The third-order valence-corrected chi connectivity index (χ3v) is 3.98. The smallest absolute Gasteiger partial charge is 0.0371 e. The normalized spacial score (nSPS) is 12.6. The molecule has 1 atom stereocenters. The van der Waals surface area contributed by atoms with E-state index >= 15 is 0 Å². The Labute approximate surface area is 113 Å². The minimum Gasteiger partial charge on any atom is -0.310 e. The second kappa shape index (κ2) is 6.66. The quantitative estimate of drug-likeness (QED) is 0.856. The van der Waals surface area contributed by atoms with Crippen LogP contribution < -0.4 is 5.32 Å². The zero-order valence-corrected chi connectivity index (χ0v) is 11.8. The number of aryl methyl sites for hydroxylation is 1. The zero-order valence-electron chi connectivity index (χ0n) is 11.0. The number of pyridine rings is 1. The third kappa shape index (κ3) is 3.40. The van der Waals surface area contributed by atoms with Gasteiger partial charge >= 0.3 is 0 Å². The Morgan fingerprint density at radius 3 is 2.67 bits per heavy atom. The van der Waals surface area contributed by atoms with Crippen molar-refractivity contribution in [1.29, 1.82) is 0 Å². The van der Waals surface area contributed by atoms with Gasteiger partial charge in [-0.2, -0.15) is 11.3 Å². The van der Waals surface area contributed by atoms with E-state index in [4.69, 9.17) is 0 Å². The molecule has 0 aliphatic heterocycles. The summed E-state index contributed by atoms with van der Waals surface area (Å²) >= 11 is 1.79. The lowest BCUT2D eigenvalue weighted by Gasteiger charge is -2.19. The number of nitrogens with one attached hydrogen (secondary N) is 1. The van der Waals surface area contributed by atoms with Gasteiger partial charge in [0.2, 0.25) is 0 Å². The van der Waals surface area contributed by atoms with E-state index in [9.17, 15) is 0 Å². The van der Waals surface area contributed by atoms with E-state index in [-0.39, 0.29) is 0 Å². The van der Waals surface area contributed by atoms with E-state index in [1.165, 1.54) is 16.7 Å². The van der Waals surface area contributed by atoms with E-state index < -0.39 is 0 Å². The molecule has 0 aromatic carbocycles. The second-order valence-electron chi connectivity index (χ2n) is 4.58.